The SMILES string of the molecule is OCc1cc(Cl)c(-c2nc3cnc(NCc4ccc(F)c(F)c4)nc3n2CC2CCCNC2)c(Cl)c1. The van der Waals surface area contributed by atoms with Crippen molar-refractivity contribution in [2.24, 2.45) is 5.92 Å². The number of piperidine rings is 1. The Balaban J connectivity index is 1.54. The zero-order chi connectivity index (χ0) is 25.2. The van der Waals surface area contributed by atoms with Gasteiger partial charge in [-0.15, -0.1) is 0 Å². The first-order valence-electron chi connectivity index (χ1n) is 11.6. The smallest absolute Gasteiger partial charge is 0.225 e. The molecule has 4 aromatic rings. The number of hydrogen-bond donors (Lipinski definition) is 3. The lowest BCUT2D eigenvalue weighted by molar-refractivity contribution is 0.282. The first-order chi connectivity index (χ1) is 17.4. The first-order valence-corrected chi connectivity index (χ1v) is 12.4. The van der Waals surface area contributed by atoms with Crippen LogP contribution in [-0.2, 0) is 19.7 Å². The van der Waals surface area contributed by atoms with Gasteiger partial charge >= 0.3 is 0 Å². The van der Waals surface area contributed by atoms with E-state index in [1.54, 1.807) is 18.3 Å². The molecule has 3 N–H and O–H groups in total. The van der Waals surface area contributed by atoms with Crippen LogP contribution in [0.4, 0.5) is 14.7 Å². The highest BCUT2D eigenvalue weighted by molar-refractivity contribution is 6.39. The molecule has 1 unspecified atom stereocenters. The number of anilines is 1. The van der Waals surface area contributed by atoms with Gasteiger partial charge in [0, 0.05) is 13.1 Å². The Morgan fingerprint density at radius 3 is 2.58 bits per heavy atom. The summed E-state index contributed by atoms with van der Waals surface area (Å²) in [5.74, 6) is -0.542. The molecule has 36 heavy (non-hydrogen) atoms. The third kappa shape index (κ3) is 5.15. The summed E-state index contributed by atoms with van der Waals surface area (Å²) in [7, 11) is 0. The molecule has 1 aliphatic rings. The zero-order valence-electron chi connectivity index (χ0n) is 19.2. The molecular formula is C25H24Cl2F2N6O. The molecule has 188 valence electrons. The molecule has 5 rings (SSSR count). The number of nitrogens with one attached hydrogen (secondary N) is 2. The van der Waals surface area contributed by atoms with Gasteiger partial charge in [0.25, 0.3) is 0 Å². The Kier molecular flexibility index (Phi) is 7.34. The summed E-state index contributed by atoms with van der Waals surface area (Å²) in [6, 6.07) is 7.08. The van der Waals surface area contributed by atoms with Crippen molar-refractivity contribution in [3.05, 3.63) is 69.3 Å². The van der Waals surface area contributed by atoms with Crippen LogP contribution in [0.3, 0.4) is 0 Å². The van der Waals surface area contributed by atoms with Crippen molar-refractivity contribution in [1.29, 1.82) is 0 Å². The average Bonchev–Trinajstić information content (AvgIpc) is 3.21. The third-order valence-corrected chi connectivity index (χ3v) is 6.87. The molecule has 0 amide bonds. The molecule has 1 fully saturated rings. The van der Waals surface area contributed by atoms with Crippen LogP contribution in [0.1, 0.15) is 24.0 Å². The van der Waals surface area contributed by atoms with E-state index in [0.29, 0.717) is 62.1 Å². The maximum Gasteiger partial charge on any atom is 0.225 e. The molecule has 0 aliphatic carbocycles. The molecule has 1 aliphatic heterocycles. The van der Waals surface area contributed by atoms with Crippen LogP contribution in [0.5, 0.6) is 0 Å². The number of rotatable bonds is 7. The molecule has 2 aromatic heterocycles. The first kappa shape index (κ1) is 24.8. The van der Waals surface area contributed by atoms with E-state index in [1.165, 1.54) is 6.07 Å². The number of hydrogen-bond acceptors (Lipinski definition) is 6. The minimum Gasteiger partial charge on any atom is -0.392 e. The quantitative estimate of drug-likeness (QED) is 0.304. The molecule has 0 bridgehead atoms. The van der Waals surface area contributed by atoms with E-state index in [4.69, 9.17) is 33.2 Å². The molecule has 7 nitrogen and oxygen atoms in total. The maximum atomic E-state index is 13.6. The zero-order valence-corrected chi connectivity index (χ0v) is 20.8. The molecule has 2 aromatic carbocycles. The standard InChI is InChI=1S/C25H24Cl2F2N6O/c26-17-6-16(13-36)7-18(27)22(17)24-33-21-11-32-25(31-10-14-3-4-19(28)20(29)8-14)34-23(21)35(24)12-15-2-1-5-30-9-15/h3-4,6-8,11,15,30,36H,1-2,5,9-10,12-13H2,(H,31,32,34). The Bertz CT molecular complexity index is 1380. The van der Waals surface area contributed by atoms with Crippen molar-refractivity contribution in [2.75, 3.05) is 18.4 Å². The van der Waals surface area contributed by atoms with Crippen molar-refractivity contribution in [2.45, 2.75) is 32.5 Å². The summed E-state index contributed by atoms with van der Waals surface area (Å²) in [5, 5.41) is 16.8. The molecule has 0 spiro atoms. The van der Waals surface area contributed by atoms with E-state index in [-0.39, 0.29) is 13.2 Å². The summed E-state index contributed by atoms with van der Waals surface area (Å²) in [4.78, 5) is 13.8. The van der Waals surface area contributed by atoms with E-state index >= 15 is 0 Å². The summed E-state index contributed by atoms with van der Waals surface area (Å²) < 4.78 is 28.8. The lowest BCUT2D eigenvalue weighted by Crippen LogP contribution is -2.32. The fourth-order valence-electron chi connectivity index (χ4n) is 4.47. The van der Waals surface area contributed by atoms with Crippen molar-refractivity contribution in [3.8, 4) is 11.4 Å². The van der Waals surface area contributed by atoms with Crippen LogP contribution in [0.25, 0.3) is 22.6 Å². The number of nitrogens with zero attached hydrogens (tertiary/aromatic N) is 4. The van der Waals surface area contributed by atoms with E-state index in [0.717, 1.165) is 38.1 Å². The average molecular weight is 533 g/mol. The third-order valence-electron chi connectivity index (χ3n) is 6.27. The van der Waals surface area contributed by atoms with Gasteiger partial charge in [0.1, 0.15) is 11.3 Å². The van der Waals surface area contributed by atoms with Gasteiger partial charge in [0.05, 0.1) is 28.4 Å². The lowest BCUT2D eigenvalue weighted by atomic mass is 9.99. The number of aliphatic hydroxyl groups is 1. The van der Waals surface area contributed by atoms with Crippen molar-refractivity contribution < 1.29 is 13.9 Å². The van der Waals surface area contributed by atoms with Crippen LogP contribution in [0.2, 0.25) is 10.0 Å². The maximum absolute atomic E-state index is 13.6. The Morgan fingerprint density at radius 2 is 1.89 bits per heavy atom. The highest BCUT2D eigenvalue weighted by atomic mass is 35.5. The van der Waals surface area contributed by atoms with Crippen LogP contribution >= 0.6 is 23.2 Å². The fourth-order valence-corrected chi connectivity index (χ4v) is 5.17. The molecule has 0 saturated carbocycles. The molecule has 3 heterocycles. The van der Waals surface area contributed by atoms with Gasteiger partial charge in [-0.05, 0) is 67.2 Å². The van der Waals surface area contributed by atoms with Gasteiger partial charge in [-0.25, -0.2) is 18.7 Å². The monoisotopic (exact) mass is 532 g/mol. The van der Waals surface area contributed by atoms with Gasteiger partial charge in [0.15, 0.2) is 17.3 Å². The molecule has 1 atom stereocenters. The number of aliphatic hydroxyl groups excluding tert-OH is 1. The second-order valence-corrected chi connectivity index (χ2v) is 9.67. The van der Waals surface area contributed by atoms with Gasteiger partial charge in [-0.2, -0.15) is 4.98 Å². The fraction of sp³-hybridized carbons (Fsp3) is 0.320. The van der Waals surface area contributed by atoms with Crippen molar-refractivity contribution in [1.82, 2.24) is 24.8 Å². The summed E-state index contributed by atoms with van der Waals surface area (Å²) >= 11 is 13.2. The Hall–Kier alpha value is -2.85. The van der Waals surface area contributed by atoms with Crippen LogP contribution in [-0.4, -0.2) is 37.7 Å². The predicted octanol–water partition coefficient (Wildman–Crippen LogP) is 5.18. The van der Waals surface area contributed by atoms with Gasteiger partial charge in [-0.3, -0.25) is 0 Å². The molecular weight excluding hydrogens is 509 g/mol. The Morgan fingerprint density at radius 1 is 1.08 bits per heavy atom. The Labute approximate surface area is 216 Å². The second-order valence-electron chi connectivity index (χ2n) is 8.86. The van der Waals surface area contributed by atoms with E-state index in [1.807, 2.05) is 4.57 Å². The second kappa shape index (κ2) is 10.6. The van der Waals surface area contributed by atoms with Gasteiger partial charge < -0.3 is 20.3 Å². The highest BCUT2D eigenvalue weighted by Gasteiger charge is 2.23. The largest absolute Gasteiger partial charge is 0.392 e. The van der Waals surface area contributed by atoms with Crippen LogP contribution in [0.15, 0.2) is 36.5 Å². The normalized spacial score (nSPS) is 16.0. The summed E-state index contributed by atoms with van der Waals surface area (Å²) in [6.07, 6.45) is 3.75. The molecule has 0 radical (unpaired) electrons. The minimum atomic E-state index is -0.907. The molecule has 1 saturated heterocycles. The van der Waals surface area contributed by atoms with Gasteiger partial charge in [0.2, 0.25) is 5.95 Å². The number of aromatic nitrogens is 4. The number of halogens is 4. The minimum absolute atomic E-state index is 0.178. The van der Waals surface area contributed by atoms with Crippen LogP contribution in [0, 0.1) is 17.6 Å². The summed E-state index contributed by atoms with van der Waals surface area (Å²) in [6.45, 7) is 2.55. The van der Waals surface area contributed by atoms with E-state index in [2.05, 4.69) is 15.6 Å². The van der Waals surface area contributed by atoms with Crippen molar-refractivity contribution in [3.63, 3.8) is 0 Å². The van der Waals surface area contributed by atoms with E-state index in [9.17, 15) is 13.9 Å². The van der Waals surface area contributed by atoms with Crippen molar-refractivity contribution >= 4 is 40.3 Å². The highest BCUT2D eigenvalue weighted by Crippen LogP contribution is 2.37. The lowest BCUT2D eigenvalue weighted by Gasteiger charge is -2.24. The summed E-state index contributed by atoms with van der Waals surface area (Å²) in [5.41, 5.74) is 2.91. The molecule has 11 heteroatoms. The predicted molar refractivity (Wildman–Crippen MR) is 136 cm³/mol. The number of fused-ring (bicyclic) bond motifs is 1. The number of imidazole rings is 1. The topological polar surface area (TPSA) is 87.9 Å². The van der Waals surface area contributed by atoms with Crippen LogP contribution < -0.4 is 10.6 Å². The van der Waals surface area contributed by atoms with E-state index < -0.39 is 11.6 Å². The number of benzene rings is 2. The van der Waals surface area contributed by atoms with Gasteiger partial charge in [-0.1, -0.05) is 29.3 Å².